The number of hydrogen-bond donors (Lipinski definition) is 0. The van der Waals surface area contributed by atoms with Gasteiger partial charge in [-0.15, -0.1) is 0 Å². The van der Waals surface area contributed by atoms with Gasteiger partial charge in [0.1, 0.15) is 22.3 Å². The van der Waals surface area contributed by atoms with Crippen LogP contribution >= 0.6 is 0 Å². The van der Waals surface area contributed by atoms with Gasteiger partial charge in [0, 0.05) is 33.2 Å². The minimum absolute atomic E-state index is 0.0496. The smallest absolute Gasteiger partial charge is 0.248 e. The second-order valence-corrected chi connectivity index (χ2v) is 16.7. The lowest BCUT2D eigenvalue weighted by Gasteiger charge is -2.50. The molecule has 2 aromatic heterocycles. The van der Waals surface area contributed by atoms with Crippen LogP contribution in [-0.2, 0) is 5.41 Å². The first kappa shape index (κ1) is 30.2. The van der Waals surface area contributed by atoms with Gasteiger partial charge in [-0.25, -0.2) is 0 Å². The highest BCUT2D eigenvalue weighted by Crippen LogP contribution is 2.61. The highest BCUT2D eigenvalue weighted by molar-refractivity contribution is 7.01. The van der Waals surface area contributed by atoms with Crippen molar-refractivity contribution in [2.45, 2.75) is 50.5 Å². The third-order valence-electron chi connectivity index (χ3n) is 14.2. The quantitative estimate of drug-likeness (QED) is 0.167. The molecule has 2 unspecified atom stereocenters. The van der Waals surface area contributed by atoms with Crippen LogP contribution in [0.25, 0.3) is 55.0 Å². The van der Waals surface area contributed by atoms with Crippen molar-refractivity contribution in [1.29, 1.82) is 0 Å². The van der Waals surface area contributed by atoms with Crippen molar-refractivity contribution >= 4 is 95.4 Å². The molecule has 7 aromatic carbocycles. The lowest BCUT2D eigenvalue weighted by molar-refractivity contribution is 0.195. The van der Waals surface area contributed by atoms with Crippen molar-refractivity contribution in [3.8, 4) is 11.1 Å². The fourth-order valence-electron chi connectivity index (χ4n) is 11.6. The Morgan fingerprint density at radius 1 is 0.545 bits per heavy atom. The Balaban J connectivity index is 1.20. The Morgan fingerprint density at radius 2 is 1.22 bits per heavy atom. The number of hydrogen-bond acceptors (Lipinski definition) is 4. The molecule has 9 aromatic rings. The number of furan rings is 2. The summed E-state index contributed by atoms with van der Waals surface area (Å²) in [6, 6.07) is 51.5. The maximum atomic E-state index is 6.66. The molecular formula is C50H37BN2O2. The van der Waals surface area contributed by atoms with E-state index in [0.29, 0.717) is 0 Å². The van der Waals surface area contributed by atoms with E-state index in [0.717, 1.165) is 56.0 Å². The van der Waals surface area contributed by atoms with Gasteiger partial charge in [0.25, 0.3) is 0 Å². The third kappa shape index (κ3) is 3.60. The predicted octanol–water partition coefficient (Wildman–Crippen LogP) is 11.5. The zero-order chi connectivity index (χ0) is 36.2. The van der Waals surface area contributed by atoms with Gasteiger partial charge in [-0.2, -0.15) is 0 Å². The summed E-state index contributed by atoms with van der Waals surface area (Å²) in [6.07, 6.45) is 4.85. The average Bonchev–Trinajstić information content (AvgIpc) is 3.94. The van der Waals surface area contributed by atoms with E-state index in [9.17, 15) is 0 Å². The van der Waals surface area contributed by atoms with Gasteiger partial charge in [0.05, 0.1) is 27.7 Å². The molecule has 13 rings (SSSR count). The molecule has 1 fully saturated rings. The van der Waals surface area contributed by atoms with Crippen molar-refractivity contribution < 1.29 is 8.83 Å². The zero-order valence-corrected chi connectivity index (χ0v) is 30.9. The lowest BCUT2D eigenvalue weighted by atomic mass is 9.37. The number of nitrogens with zero attached hydrogens (tertiary/aromatic N) is 2. The first-order chi connectivity index (χ1) is 27.0. The normalized spacial score (nSPS) is 20.7. The molecule has 5 heteroatoms. The number of para-hydroxylation sites is 3. The summed E-state index contributed by atoms with van der Waals surface area (Å²) in [4.78, 5) is 5.32. The van der Waals surface area contributed by atoms with Crippen molar-refractivity contribution in [2.24, 2.45) is 0 Å². The molecule has 0 saturated heterocycles. The molecule has 2 atom stereocenters. The van der Waals surface area contributed by atoms with E-state index >= 15 is 0 Å². The third-order valence-corrected chi connectivity index (χ3v) is 14.2. The summed E-state index contributed by atoms with van der Waals surface area (Å²) in [5.41, 5.74) is 17.9. The van der Waals surface area contributed by atoms with Gasteiger partial charge in [0.15, 0.2) is 0 Å². The molecule has 1 aliphatic carbocycles. The number of rotatable bonds is 2. The van der Waals surface area contributed by atoms with Crippen LogP contribution in [0.3, 0.4) is 0 Å². The minimum Gasteiger partial charge on any atom is -0.456 e. The van der Waals surface area contributed by atoms with Gasteiger partial charge < -0.3 is 18.6 Å². The van der Waals surface area contributed by atoms with Crippen molar-refractivity contribution in [3.63, 3.8) is 0 Å². The van der Waals surface area contributed by atoms with E-state index in [1.807, 2.05) is 0 Å². The molecule has 0 amide bonds. The Labute approximate surface area is 319 Å². The first-order valence-corrected chi connectivity index (χ1v) is 19.9. The van der Waals surface area contributed by atoms with E-state index in [4.69, 9.17) is 8.83 Å². The standard InChI is InChI=1S/C50H37BN2O2/c1-49-26-11-12-27-50(49,2)53(38-19-8-6-17-35(38)49)30-28-34-31-14-3-7-18-36(31)51-37-24-25-44-46(33-16-5-10-22-42(33)55-44)48(37)52(40(29-30)47(34)51)39-20-13-23-43-45(39)32-15-4-9-21-41(32)54-43/h3-10,13-25,28-29H,11-12,26-27H2,1-2H3. The molecule has 5 heterocycles. The van der Waals surface area contributed by atoms with E-state index in [1.165, 1.54) is 75.1 Å². The molecule has 0 radical (unpaired) electrons. The minimum atomic E-state index is -0.0698. The summed E-state index contributed by atoms with van der Waals surface area (Å²) < 4.78 is 13.2. The van der Waals surface area contributed by atoms with Crippen molar-refractivity contribution in [3.05, 3.63) is 145 Å². The maximum absolute atomic E-state index is 6.66. The Hall–Kier alpha value is -6.20. The Kier molecular flexibility index (Phi) is 5.65. The van der Waals surface area contributed by atoms with Crippen LogP contribution in [0.15, 0.2) is 148 Å². The molecule has 0 bridgehead atoms. The molecule has 262 valence electrons. The van der Waals surface area contributed by atoms with Gasteiger partial charge in [0.2, 0.25) is 6.71 Å². The van der Waals surface area contributed by atoms with E-state index in [1.54, 1.807) is 0 Å². The highest BCUT2D eigenvalue weighted by Gasteiger charge is 2.58. The number of anilines is 5. The van der Waals surface area contributed by atoms with Crippen LogP contribution < -0.4 is 26.2 Å². The zero-order valence-electron chi connectivity index (χ0n) is 30.9. The fraction of sp³-hybridized carbons (Fsp3) is 0.160. The average molecular weight is 709 g/mol. The monoisotopic (exact) mass is 708 g/mol. The van der Waals surface area contributed by atoms with Gasteiger partial charge in [-0.3, -0.25) is 0 Å². The van der Waals surface area contributed by atoms with Crippen LogP contribution in [0.5, 0.6) is 0 Å². The summed E-state index contributed by atoms with van der Waals surface area (Å²) in [5.74, 6) is 0. The number of fused-ring (bicyclic) bond motifs is 15. The molecular weight excluding hydrogens is 671 g/mol. The van der Waals surface area contributed by atoms with Crippen LogP contribution in [-0.4, -0.2) is 12.3 Å². The summed E-state index contributed by atoms with van der Waals surface area (Å²) >= 11 is 0. The molecule has 4 nitrogen and oxygen atoms in total. The van der Waals surface area contributed by atoms with E-state index < -0.39 is 0 Å². The number of benzene rings is 7. The molecule has 3 aliphatic heterocycles. The van der Waals surface area contributed by atoms with E-state index in [-0.39, 0.29) is 17.7 Å². The second kappa shape index (κ2) is 10.3. The molecule has 4 aliphatic rings. The van der Waals surface area contributed by atoms with Gasteiger partial charge >= 0.3 is 0 Å². The maximum Gasteiger partial charge on any atom is 0.248 e. The molecule has 55 heavy (non-hydrogen) atoms. The van der Waals surface area contributed by atoms with Crippen LogP contribution in [0, 0.1) is 0 Å². The highest BCUT2D eigenvalue weighted by atomic mass is 16.3. The largest absolute Gasteiger partial charge is 0.456 e. The Bertz CT molecular complexity index is 3140. The summed E-state index contributed by atoms with van der Waals surface area (Å²) in [6.45, 7) is 5.15. The fourth-order valence-corrected chi connectivity index (χ4v) is 11.6. The SMILES string of the molecule is CC12CCCCC1(C)N(c1cc3c4c(c1)N(c1cccc5oc6ccccc6c15)c1c(ccc5oc6ccccc6c15)B4c1ccccc1-3)c1ccccc12. The van der Waals surface area contributed by atoms with Gasteiger partial charge in [-0.1, -0.05) is 116 Å². The molecule has 0 spiro atoms. The predicted molar refractivity (Wildman–Crippen MR) is 229 cm³/mol. The van der Waals surface area contributed by atoms with Crippen molar-refractivity contribution in [1.82, 2.24) is 0 Å². The summed E-state index contributed by atoms with van der Waals surface area (Å²) in [7, 11) is 0. The molecule has 0 N–H and O–H groups in total. The van der Waals surface area contributed by atoms with Gasteiger partial charge in [-0.05, 0) is 95.9 Å². The van der Waals surface area contributed by atoms with Crippen LogP contribution in [0.4, 0.5) is 28.4 Å². The van der Waals surface area contributed by atoms with Crippen LogP contribution in [0.1, 0.15) is 45.1 Å². The van der Waals surface area contributed by atoms with E-state index in [2.05, 4.69) is 163 Å². The first-order valence-electron chi connectivity index (χ1n) is 19.9. The lowest BCUT2D eigenvalue weighted by Crippen LogP contribution is -2.55. The second-order valence-electron chi connectivity index (χ2n) is 16.7. The summed E-state index contributed by atoms with van der Waals surface area (Å²) in [5, 5.41) is 4.53. The van der Waals surface area contributed by atoms with Crippen LogP contribution in [0.2, 0.25) is 0 Å². The van der Waals surface area contributed by atoms with Crippen molar-refractivity contribution in [2.75, 3.05) is 9.80 Å². The molecule has 1 saturated carbocycles. The Morgan fingerprint density at radius 3 is 2.07 bits per heavy atom. The topological polar surface area (TPSA) is 32.8 Å².